The monoisotopic (exact) mass is 326 g/mol. The zero-order valence-corrected chi connectivity index (χ0v) is 13.3. The van der Waals surface area contributed by atoms with Gasteiger partial charge in [-0.05, 0) is 42.8 Å². The van der Waals surface area contributed by atoms with Crippen LogP contribution >= 0.6 is 11.6 Å². The fourth-order valence-corrected chi connectivity index (χ4v) is 2.29. The number of hydrogen-bond donors (Lipinski definition) is 1. The second-order valence-corrected chi connectivity index (χ2v) is 5.60. The number of halogens is 1. The zero-order chi connectivity index (χ0) is 16.2. The van der Waals surface area contributed by atoms with Crippen LogP contribution in [0.2, 0.25) is 0 Å². The van der Waals surface area contributed by atoms with E-state index in [0.717, 1.165) is 22.7 Å². The third-order valence-corrected chi connectivity index (χ3v) is 3.70. The van der Waals surface area contributed by atoms with Crippen molar-refractivity contribution in [3.8, 4) is 11.3 Å². The lowest BCUT2D eigenvalue weighted by Gasteiger charge is -2.03. The predicted octanol–water partition coefficient (Wildman–Crippen LogP) is 4.64. The van der Waals surface area contributed by atoms with Crippen LogP contribution in [0.4, 0.5) is 5.69 Å². The summed E-state index contributed by atoms with van der Waals surface area (Å²) in [5.41, 5.74) is 4.36. The fourth-order valence-electron chi connectivity index (χ4n) is 2.16. The van der Waals surface area contributed by atoms with Gasteiger partial charge in [0.25, 0.3) is 5.24 Å². The highest BCUT2D eigenvalue weighted by Crippen LogP contribution is 2.21. The lowest BCUT2D eigenvalue weighted by molar-refractivity contribution is 0.108. The molecule has 4 nitrogen and oxygen atoms in total. The molecule has 0 spiro atoms. The van der Waals surface area contributed by atoms with Gasteiger partial charge in [0.15, 0.2) is 5.76 Å². The van der Waals surface area contributed by atoms with Crippen molar-refractivity contribution in [1.82, 2.24) is 5.16 Å². The van der Waals surface area contributed by atoms with E-state index in [4.69, 9.17) is 16.1 Å². The first-order valence-electron chi connectivity index (χ1n) is 7.18. The summed E-state index contributed by atoms with van der Waals surface area (Å²) in [5, 5.41) is 6.82. The van der Waals surface area contributed by atoms with E-state index in [0.29, 0.717) is 12.1 Å². The Morgan fingerprint density at radius 2 is 1.83 bits per heavy atom. The molecule has 0 bridgehead atoms. The average Bonchev–Trinajstić information content (AvgIpc) is 3.03. The van der Waals surface area contributed by atoms with Gasteiger partial charge in [0.05, 0.1) is 6.54 Å². The Kier molecular flexibility index (Phi) is 4.44. The topological polar surface area (TPSA) is 55.1 Å². The molecule has 3 aromatic rings. The Balaban J connectivity index is 1.65. The minimum atomic E-state index is -0.462. The molecule has 1 heterocycles. The number of hydrogen-bond acceptors (Lipinski definition) is 4. The van der Waals surface area contributed by atoms with Gasteiger partial charge in [-0.3, -0.25) is 4.79 Å². The van der Waals surface area contributed by atoms with Crippen molar-refractivity contribution < 1.29 is 9.32 Å². The Hall–Kier alpha value is -2.59. The summed E-state index contributed by atoms with van der Waals surface area (Å²) in [6, 6.07) is 17.0. The Morgan fingerprint density at radius 3 is 2.48 bits per heavy atom. The van der Waals surface area contributed by atoms with E-state index in [2.05, 4.69) is 10.5 Å². The molecule has 23 heavy (non-hydrogen) atoms. The fraction of sp³-hybridized carbons (Fsp3) is 0.111. The third kappa shape index (κ3) is 3.79. The number of benzene rings is 2. The van der Waals surface area contributed by atoms with Crippen molar-refractivity contribution >= 4 is 22.5 Å². The molecule has 0 unspecified atom stereocenters. The highest BCUT2D eigenvalue weighted by Gasteiger charge is 2.07. The van der Waals surface area contributed by atoms with Crippen molar-refractivity contribution in [2.45, 2.75) is 13.5 Å². The Morgan fingerprint density at radius 1 is 1.13 bits per heavy atom. The molecule has 3 rings (SSSR count). The van der Waals surface area contributed by atoms with Crippen LogP contribution in [0.5, 0.6) is 0 Å². The van der Waals surface area contributed by atoms with E-state index in [9.17, 15) is 4.79 Å². The van der Waals surface area contributed by atoms with Crippen LogP contribution in [0, 0.1) is 6.92 Å². The van der Waals surface area contributed by atoms with Crippen molar-refractivity contribution in [3.63, 3.8) is 0 Å². The molecule has 0 aliphatic carbocycles. The van der Waals surface area contributed by atoms with Gasteiger partial charge < -0.3 is 9.84 Å². The quantitative estimate of drug-likeness (QED) is 0.694. The summed E-state index contributed by atoms with van der Waals surface area (Å²) in [7, 11) is 0. The van der Waals surface area contributed by atoms with Crippen LogP contribution in [0.25, 0.3) is 11.3 Å². The molecule has 1 N–H and O–H groups in total. The molecule has 116 valence electrons. The summed E-state index contributed by atoms with van der Waals surface area (Å²) in [5.74, 6) is 0.741. The molecule has 0 saturated heterocycles. The molecule has 0 fully saturated rings. The van der Waals surface area contributed by atoms with Crippen molar-refractivity contribution in [1.29, 1.82) is 0 Å². The van der Waals surface area contributed by atoms with Crippen molar-refractivity contribution in [2.75, 3.05) is 5.32 Å². The summed E-state index contributed by atoms with van der Waals surface area (Å²) in [6.45, 7) is 2.58. The first-order valence-corrected chi connectivity index (χ1v) is 7.56. The molecule has 2 aromatic carbocycles. The second kappa shape index (κ2) is 6.67. The van der Waals surface area contributed by atoms with Crippen molar-refractivity contribution in [2.24, 2.45) is 0 Å². The number of rotatable bonds is 5. The third-order valence-electron chi connectivity index (χ3n) is 3.48. The van der Waals surface area contributed by atoms with Gasteiger partial charge in [-0.15, -0.1) is 0 Å². The van der Waals surface area contributed by atoms with E-state index >= 15 is 0 Å². The highest BCUT2D eigenvalue weighted by molar-refractivity contribution is 6.67. The number of anilines is 1. The van der Waals surface area contributed by atoms with Gasteiger partial charge in [0, 0.05) is 22.9 Å². The Labute approximate surface area is 139 Å². The highest BCUT2D eigenvalue weighted by atomic mass is 35.5. The van der Waals surface area contributed by atoms with Gasteiger partial charge in [0.2, 0.25) is 0 Å². The Bertz CT molecular complexity index is 808. The van der Waals surface area contributed by atoms with Crippen LogP contribution in [-0.2, 0) is 6.54 Å². The SMILES string of the molecule is Cc1ccc(-c2cc(CNc3ccc(C(=O)Cl)cc3)no2)cc1. The zero-order valence-electron chi connectivity index (χ0n) is 12.5. The van der Waals surface area contributed by atoms with Gasteiger partial charge >= 0.3 is 0 Å². The van der Waals surface area contributed by atoms with Gasteiger partial charge in [0.1, 0.15) is 5.69 Å². The van der Waals surface area contributed by atoms with E-state index in [1.54, 1.807) is 24.3 Å². The van der Waals surface area contributed by atoms with Crippen LogP contribution in [-0.4, -0.2) is 10.4 Å². The molecular formula is C18H15ClN2O2. The van der Waals surface area contributed by atoms with Crippen LogP contribution < -0.4 is 5.32 Å². The van der Waals surface area contributed by atoms with E-state index < -0.39 is 5.24 Å². The van der Waals surface area contributed by atoms with Crippen molar-refractivity contribution in [3.05, 3.63) is 71.4 Å². The molecular weight excluding hydrogens is 312 g/mol. The van der Waals surface area contributed by atoms with Crippen LogP contribution in [0.1, 0.15) is 21.6 Å². The summed E-state index contributed by atoms with van der Waals surface area (Å²) in [6.07, 6.45) is 0. The number of nitrogens with zero attached hydrogens (tertiary/aromatic N) is 1. The molecule has 5 heteroatoms. The molecule has 0 saturated carbocycles. The first-order chi connectivity index (χ1) is 11.1. The van der Waals surface area contributed by atoms with Crippen LogP contribution in [0.3, 0.4) is 0 Å². The molecule has 1 aromatic heterocycles. The standard InChI is InChI=1S/C18H15ClN2O2/c1-12-2-4-13(5-3-12)17-10-16(21-23-17)11-20-15-8-6-14(7-9-15)18(19)22/h2-10,20H,11H2,1H3. The maximum absolute atomic E-state index is 11.0. The minimum absolute atomic E-state index is 0.462. The average molecular weight is 327 g/mol. The molecule has 0 aliphatic rings. The predicted molar refractivity (Wildman–Crippen MR) is 90.6 cm³/mol. The maximum Gasteiger partial charge on any atom is 0.252 e. The largest absolute Gasteiger partial charge is 0.379 e. The molecule has 0 aliphatic heterocycles. The molecule has 0 radical (unpaired) electrons. The second-order valence-electron chi connectivity index (χ2n) is 5.25. The summed E-state index contributed by atoms with van der Waals surface area (Å²) >= 11 is 5.42. The molecule has 0 atom stereocenters. The number of aryl methyl sites for hydroxylation is 1. The van der Waals surface area contributed by atoms with Gasteiger partial charge in [-0.1, -0.05) is 35.0 Å². The first kappa shape index (κ1) is 15.3. The van der Waals surface area contributed by atoms with E-state index in [1.807, 2.05) is 37.3 Å². The van der Waals surface area contributed by atoms with Gasteiger partial charge in [-0.25, -0.2) is 0 Å². The molecule has 0 amide bonds. The number of nitrogens with one attached hydrogen (secondary N) is 1. The summed E-state index contributed by atoms with van der Waals surface area (Å²) in [4.78, 5) is 11.0. The smallest absolute Gasteiger partial charge is 0.252 e. The van der Waals surface area contributed by atoms with E-state index in [1.165, 1.54) is 5.56 Å². The lowest BCUT2D eigenvalue weighted by atomic mass is 10.1. The van der Waals surface area contributed by atoms with Crippen LogP contribution in [0.15, 0.2) is 59.1 Å². The number of carbonyl (C=O) groups excluding carboxylic acids is 1. The summed E-state index contributed by atoms with van der Waals surface area (Å²) < 4.78 is 5.38. The maximum atomic E-state index is 11.0. The van der Waals surface area contributed by atoms with E-state index in [-0.39, 0.29) is 0 Å². The number of carbonyl (C=O) groups is 1. The minimum Gasteiger partial charge on any atom is -0.379 e. The normalized spacial score (nSPS) is 10.5. The lowest BCUT2D eigenvalue weighted by Crippen LogP contribution is -1.99. The van der Waals surface area contributed by atoms with Gasteiger partial charge in [-0.2, -0.15) is 0 Å². The number of aromatic nitrogens is 1.